The molecule has 1 aliphatic rings. The Bertz CT molecular complexity index is 731. The van der Waals surface area contributed by atoms with Crippen LogP contribution in [-0.2, 0) is 4.79 Å². The lowest BCUT2D eigenvalue weighted by Gasteiger charge is -2.34. The number of urea groups is 1. The van der Waals surface area contributed by atoms with Crippen LogP contribution in [0.15, 0.2) is 42.5 Å². The van der Waals surface area contributed by atoms with E-state index in [0.29, 0.717) is 28.4 Å². The maximum Gasteiger partial charge on any atom is 0.329 e. The molecule has 3 amide bonds. The molecule has 0 radical (unpaired) electrons. The molecule has 0 saturated heterocycles. The Hall–Kier alpha value is -2.53. The van der Waals surface area contributed by atoms with Gasteiger partial charge < -0.3 is 10.1 Å². The van der Waals surface area contributed by atoms with Crippen LogP contribution < -0.4 is 10.1 Å². The molecule has 112 valence electrons. The molecule has 0 saturated carbocycles. The van der Waals surface area contributed by atoms with Crippen molar-refractivity contribution in [2.24, 2.45) is 0 Å². The second-order valence-corrected chi connectivity index (χ2v) is 5.23. The van der Waals surface area contributed by atoms with E-state index in [1.54, 1.807) is 37.4 Å². The van der Waals surface area contributed by atoms with E-state index in [-0.39, 0.29) is 0 Å². The fourth-order valence-electron chi connectivity index (χ4n) is 2.58. The Morgan fingerprint density at radius 1 is 1.23 bits per heavy atom. The van der Waals surface area contributed by atoms with Crippen molar-refractivity contribution >= 4 is 29.7 Å². The fourth-order valence-corrected chi connectivity index (χ4v) is 2.86. The number of rotatable bonds is 3. The molecule has 2 aromatic rings. The van der Waals surface area contributed by atoms with E-state index in [0.717, 1.165) is 10.5 Å². The Kier molecular flexibility index (Phi) is 3.73. The average molecular weight is 317 g/mol. The van der Waals surface area contributed by atoms with Gasteiger partial charge >= 0.3 is 6.03 Å². The van der Waals surface area contributed by atoms with Crippen LogP contribution in [0.25, 0.3) is 0 Å². The van der Waals surface area contributed by atoms with Gasteiger partial charge in [-0.05, 0) is 29.8 Å². The van der Waals surface area contributed by atoms with Gasteiger partial charge in [-0.3, -0.25) is 9.69 Å². The number of imide groups is 1. The monoisotopic (exact) mass is 316 g/mol. The van der Waals surface area contributed by atoms with Gasteiger partial charge in [0.2, 0.25) is 6.41 Å². The summed E-state index contributed by atoms with van der Waals surface area (Å²) in [7, 11) is 1.58. The molecule has 1 aliphatic heterocycles. The lowest BCUT2D eigenvalue weighted by Crippen LogP contribution is -2.42. The number of carbonyl (C=O) groups is 2. The molecule has 1 atom stereocenters. The summed E-state index contributed by atoms with van der Waals surface area (Å²) < 4.78 is 5.14. The van der Waals surface area contributed by atoms with Crippen LogP contribution in [0.4, 0.5) is 10.5 Å². The van der Waals surface area contributed by atoms with Crippen LogP contribution in [0.2, 0.25) is 5.02 Å². The van der Waals surface area contributed by atoms with Crippen LogP contribution in [0, 0.1) is 0 Å². The van der Waals surface area contributed by atoms with Gasteiger partial charge in [0, 0.05) is 16.3 Å². The molecule has 0 fully saturated rings. The Balaban J connectivity index is 2.17. The molecule has 1 N–H and O–H groups in total. The number of ether oxygens (including phenoxy) is 1. The smallest absolute Gasteiger partial charge is 0.329 e. The second kappa shape index (κ2) is 5.69. The summed E-state index contributed by atoms with van der Waals surface area (Å²) in [5.41, 5.74) is 2.08. The van der Waals surface area contributed by atoms with E-state index in [2.05, 4.69) is 5.32 Å². The number of nitrogens with zero attached hydrogens (tertiary/aromatic N) is 1. The molecule has 0 aliphatic carbocycles. The van der Waals surface area contributed by atoms with Gasteiger partial charge in [-0.15, -0.1) is 0 Å². The number of amides is 3. The third-order valence-corrected chi connectivity index (χ3v) is 3.96. The third-order valence-electron chi connectivity index (χ3n) is 3.63. The van der Waals surface area contributed by atoms with Gasteiger partial charge in [0.05, 0.1) is 13.2 Å². The highest BCUT2D eigenvalue weighted by atomic mass is 35.5. The predicted molar refractivity (Wildman–Crippen MR) is 83.2 cm³/mol. The SMILES string of the molecule is COc1ccc(C2c3c(Cl)cccc3NC(=O)N2C=O)cc1. The minimum atomic E-state index is -0.569. The summed E-state index contributed by atoms with van der Waals surface area (Å²) >= 11 is 6.30. The Morgan fingerprint density at radius 3 is 2.59 bits per heavy atom. The van der Waals surface area contributed by atoms with E-state index < -0.39 is 12.1 Å². The summed E-state index contributed by atoms with van der Waals surface area (Å²) in [5, 5.41) is 3.16. The summed E-state index contributed by atoms with van der Waals surface area (Å²) in [4.78, 5) is 24.6. The number of anilines is 1. The Morgan fingerprint density at radius 2 is 1.95 bits per heavy atom. The average Bonchev–Trinajstić information content (AvgIpc) is 2.54. The topological polar surface area (TPSA) is 58.6 Å². The zero-order valence-corrected chi connectivity index (χ0v) is 12.5. The molecule has 3 rings (SSSR count). The second-order valence-electron chi connectivity index (χ2n) is 4.82. The van der Waals surface area contributed by atoms with Gasteiger partial charge in [-0.1, -0.05) is 29.8 Å². The molecule has 6 heteroatoms. The number of hydrogen-bond donors (Lipinski definition) is 1. The van der Waals surface area contributed by atoms with Crippen molar-refractivity contribution in [3.8, 4) is 5.75 Å². The first kappa shape index (κ1) is 14.4. The molecule has 1 unspecified atom stereocenters. The van der Waals surface area contributed by atoms with Crippen molar-refractivity contribution in [3.63, 3.8) is 0 Å². The first-order valence-corrected chi connectivity index (χ1v) is 7.00. The number of benzene rings is 2. The molecule has 0 aromatic heterocycles. The van der Waals surface area contributed by atoms with Crippen molar-refractivity contribution < 1.29 is 14.3 Å². The molecular weight excluding hydrogens is 304 g/mol. The van der Waals surface area contributed by atoms with E-state index in [1.165, 1.54) is 0 Å². The van der Waals surface area contributed by atoms with Crippen molar-refractivity contribution in [2.45, 2.75) is 6.04 Å². The highest BCUT2D eigenvalue weighted by Gasteiger charge is 2.35. The third kappa shape index (κ3) is 2.29. The lowest BCUT2D eigenvalue weighted by molar-refractivity contribution is -0.116. The fraction of sp³-hybridized carbons (Fsp3) is 0.125. The highest BCUT2D eigenvalue weighted by molar-refractivity contribution is 6.32. The van der Waals surface area contributed by atoms with E-state index in [9.17, 15) is 9.59 Å². The largest absolute Gasteiger partial charge is 0.497 e. The molecule has 22 heavy (non-hydrogen) atoms. The van der Waals surface area contributed by atoms with Gasteiger partial charge in [0.15, 0.2) is 0 Å². The standard InChI is InChI=1S/C16H13ClN2O3/c1-22-11-7-5-10(6-8-11)15-14-12(17)3-2-4-13(14)18-16(21)19(15)9-20/h2-9,15H,1H3,(H,18,21). The zero-order chi connectivity index (χ0) is 15.7. The van der Waals surface area contributed by atoms with E-state index >= 15 is 0 Å². The first-order chi connectivity index (χ1) is 10.7. The van der Waals surface area contributed by atoms with Gasteiger partial charge in [0.1, 0.15) is 5.75 Å². The highest BCUT2D eigenvalue weighted by Crippen LogP contribution is 2.41. The van der Waals surface area contributed by atoms with Crippen LogP contribution in [0.5, 0.6) is 5.75 Å². The molecule has 5 nitrogen and oxygen atoms in total. The van der Waals surface area contributed by atoms with Crippen LogP contribution >= 0.6 is 11.6 Å². The number of carbonyl (C=O) groups excluding carboxylic acids is 2. The van der Waals surface area contributed by atoms with Crippen molar-refractivity contribution in [3.05, 3.63) is 58.6 Å². The predicted octanol–water partition coefficient (Wildman–Crippen LogP) is 3.44. The quantitative estimate of drug-likeness (QED) is 0.882. The van der Waals surface area contributed by atoms with Crippen LogP contribution in [0.1, 0.15) is 17.2 Å². The van der Waals surface area contributed by atoms with Gasteiger partial charge in [-0.25, -0.2) is 4.79 Å². The van der Waals surface area contributed by atoms with E-state index in [1.807, 2.05) is 12.1 Å². The maximum atomic E-state index is 12.1. The summed E-state index contributed by atoms with van der Waals surface area (Å²) in [6.45, 7) is 0. The van der Waals surface area contributed by atoms with Gasteiger partial charge in [-0.2, -0.15) is 0 Å². The van der Waals surface area contributed by atoms with Gasteiger partial charge in [0.25, 0.3) is 0 Å². The minimum absolute atomic E-state index is 0.481. The first-order valence-electron chi connectivity index (χ1n) is 6.62. The van der Waals surface area contributed by atoms with Crippen molar-refractivity contribution in [1.82, 2.24) is 4.90 Å². The summed E-state index contributed by atoms with van der Waals surface area (Å²) in [6, 6.07) is 11.4. The molecule has 2 aromatic carbocycles. The number of methoxy groups -OCH3 is 1. The maximum absolute atomic E-state index is 12.1. The summed E-state index contributed by atoms with van der Waals surface area (Å²) in [5.74, 6) is 0.695. The zero-order valence-electron chi connectivity index (χ0n) is 11.7. The number of halogens is 1. The molecule has 0 bridgehead atoms. The van der Waals surface area contributed by atoms with Crippen LogP contribution in [0.3, 0.4) is 0 Å². The lowest BCUT2D eigenvalue weighted by atomic mass is 9.94. The molecule has 1 heterocycles. The van der Waals surface area contributed by atoms with Crippen molar-refractivity contribution in [2.75, 3.05) is 12.4 Å². The molecular formula is C16H13ClN2O3. The van der Waals surface area contributed by atoms with Crippen LogP contribution in [-0.4, -0.2) is 24.5 Å². The number of nitrogens with one attached hydrogen (secondary N) is 1. The summed E-state index contributed by atoms with van der Waals surface area (Å²) in [6.07, 6.45) is 0.510. The number of fused-ring (bicyclic) bond motifs is 1. The van der Waals surface area contributed by atoms with Crippen molar-refractivity contribution in [1.29, 1.82) is 0 Å². The molecule has 0 spiro atoms. The normalized spacial score (nSPS) is 16.7. The number of hydrogen-bond acceptors (Lipinski definition) is 3. The minimum Gasteiger partial charge on any atom is -0.497 e. The van der Waals surface area contributed by atoms with E-state index in [4.69, 9.17) is 16.3 Å². The Labute approximate surface area is 132 Å².